The normalized spacial score (nSPS) is 35.9. The summed E-state index contributed by atoms with van der Waals surface area (Å²) >= 11 is 0. The molecule has 1 aromatic rings. The zero-order valence-corrected chi connectivity index (χ0v) is 15.8. The van der Waals surface area contributed by atoms with Crippen molar-refractivity contribution in [3.8, 4) is 0 Å². The molecule has 0 bridgehead atoms. The van der Waals surface area contributed by atoms with Gasteiger partial charge in [-0.2, -0.15) is 9.40 Å². The largest absolute Gasteiger partial charge is 0.276 e. The summed E-state index contributed by atoms with van der Waals surface area (Å²) in [6.45, 7) is 5.07. The summed E-state index contributed by atoms with van der Waals surface area (Å²) in [5, 5.41) is 4.25. The van der Waals surface area contributed by atoms with Crippen molar-refractivity contribution in [2.75, 3.05) is 12.3 Å². The Morgan fingerprint density at radius 2 is 2.08 bits per heavy atom. The molecule has 0 aliphatic heterocycles. The number of hydrogen-bond donors (Lipinski definition) is 0. The second-order valence-corrected chi connectivity index (χ2v) is 10.9. The van der Waals surface area contributed by atoms with E-state index in [4.69, 9.17) is 0 Å². The van der Waals surface area contributed by atoms with Crippen LogP contribution >= 0.6 is 0 Å². The van der Waals surface area contributed by atoms with Gasteiger partial charge in [0.15, 0.2) is 0 Å². The van der Waals surface area contributed by atoms with Crippen LogP contribution in [0, 0.1) is 17.3 Å². The van der Waals surface area contributed by atoms with Crippen molar-refractivity contribution in [1.82, 2.24) is 14.1 Å². The zero-order valence-electron chi connectivity index (χ0n) is 15.0. The molecule has 134 valence electrons. The van der Waals surface area contributed by atoms with E-state index in [-0.39, 0.29) is 11.5 Å². The fourth-order valence-electron chi connectivity index (χ4n) is 4.84. The minimum absolute atomic E-state index is 0.00229. The van der Waals surface area contributed by atoms with Crippen molar-refractivity contribution >= 4 is 10.0 Å². The first-order valence-corrected chi connectivity index (χ1v) is 10.8. The lowest BCUT2D eigenvalue weighted by Crippen LogP contribution is -2.45. The lowest BCUT2D eigenvalue weighted by Gasteiger charge is -2.44. The second-order valence-electron chi connectivity index (χ2n) is 8.93. The lowest BCUT2D eigenvalue weighted by molar-refractivity contribution is 0.112. The Labute approximate surface area is 145 Å². The molecule has 3 saturated carbocycles. The van der Waals surface area contributed by atoms with E-state index in [0.29, 0.717) is 30.1 Å². The van der Waals surface area contributed by atoms with Gasteiger partial charge in [0.1, 0.15) is 0 Å². The quantitative estimate of drug-likeness (QED) is 0.759. The average Bonchev–Trinajstić information content (AvgIpc) is 3.34. The number of rotatable bonds is 7. The van der Waals surface area contributed by atoms with Crippen LogP contribution in [-0.2, 0) is 17.1 Å². The molecule has 24 heavy (non-hydrogen) atoms. The van der Waals surface area contributed by atoms with Crippen molar-refractivity contribution in [1.29, 1.82) is 0 Å². The molecule has 2 atom stereocenters. The van der Waals surface area contributed by atoms with Crippen LogP contribution in [0.4, 0.5) is 0 Å². The Bertz CT molecular complexity index is 716. The van der Waals surface area contributed by atoms with Gasteiger partial charge in [-0.25, -0.2) is 8.42 Å². The van der Waals surface area contributed by atoms with E-state index in [2.05, 4.69) is 25.1 Å². The van der Waals surface area contributed by atoms with Crippen LogP contribution in [-0.4, -0.2) is 40.8 Å². The van der Waals surface area contributed by atoms with E-state index in [1.54, 1.807) is 0 Å². The molecule has 0 amide bonds. The minimum Gasteiger partial charge on any atom is -0.276 e. The molecule has 0 saturated heterocycles. The van der Waals surface area contributed by atoms with Crippen molar-refractivity contribution in [3.05, 3.63) is 18.0 Å². The van der Waals surface area contributed by atoms with Crippen LogP contribution in [0.15, 0.2) is 12.4 Å². The van der Waals surface area contributed by atoms with Gasteiger partial charge >= 0.3 is 0 Å². The van der Waals surface area contributed by atoms with Gasteiger partial charge in [-0.1, -0.05) is 13.8 Å². The van der Waals surface area contributed by atoms with Gasteiger partial charge in [-0.05, 0) is 60.8 Å². The number of hydrogen-bond acceptors (Lipinski definition) is 3. The summed E-state index contributed by atoms with van der Waals surface area (Å²) in [4.78, 5) is 0. The first kappa shape index (κ1) is 16.6. The molecule has 0 radical (unpaired) electrons. The number of aryl methyl sites for hydroxylation is 1. The second kappa shape index (κ2) is 5.56. The van der Waals surface area contributed by atoms with Crippen molar-refractivity contribution in [2.24, 2.45) is 24.3 Å². The first-order valence-electron chi connectivity index (χ1n) is 9.24. The van der Waals surface area contributed by atoms with Crippen molar-refractivity contribution in [2.45, 2.75) is 57.9 Å². The SMILES string of the molecule is CC1CC(C)(CS(=O)(=O)N(C[C@@H]2C[C@H]2c2cnn(C)c2)C2CC2)C1. The molecule has 4 rings (SSSR count). The third-order valence-electron chi connectivity index (χ3n) is 6.01. The first-order chi connectivity index (χ1) is 11.3. The maximum atomic E-state index is 13.0. The lowest BCUT2D eigenvalue weighted by atomic mass is 9.65. The van der Waals surface area contributed by atoms with Gasteiger partial charge in [-0.3, -0.25) is 4.68 Å². The molecule has 3 aliphatic rings. The van der Waals surface area contributed by atoms with Crippen LogP contribution in [0.3, 0.4) is 0 Å². The fraction of sp³-hybridized carbons (Fsp3) is 0.833. The van der Waals surface area contributed by atoms with E-state index in [9.17, 15) is 8.42 Å². The van der Waals surface area contributed by atoms with E-state index in [1.807, 2.05) is 22.2 Å². The molecule has 0 aromatic carbocycles. The standard InChI is InChI=1S/C18H29N3O2S/c1-13-7-18(2,8-13)12-24(22,23)21(16-4-5-16)11-14-6-17(14)15-9-19-20(3)10-15/h9-10,13-14,16-17H,4-8,11-12H2,1-3H3/t13?,14-,17+,18?/m0/s1. The maximum absolute atomic E-state index is 13.0. The van der Waals surface area contributed by atoms with Gasteiger partial charge in [0, 0.05) is 25.8 Å². The molecular formula is C18H29N3O2S. The van der Waals surface area contributed by atoms with Crippen molar-refractivity contribution in [3.63, 3.8) is 0 Å². The van der Waals surface area contributed by atoms with Crippen LogP contribution in [0.25, 0.3) is 0 Å². The summed E-state index contributed by atoms with van der Waals surface area (Å²) in [7, 11) is -1.21. The highest BCUT2D eigenvalue weighted by Gasteiger charge is 2.49. The van der Waals surface area contributed by atoms with Crippen LogP contribution in [0.5, 0.6) is 0 Å². The summed E-state index contributed by atoms with van der Waals surface area (Å²) < 4.78 is 29.8. The highest BCUT2D eigenvalue weighted by atomic mass is 32.2. The highest BCUT2D eigenvalue weighted by Crippen LogP contribution is 2.50. The highest BCUT2D eigenvalue weighted by molar-refractivity contribution is 7.89. The summed E-state index contributed by atoms with van der Waals surface area (Å²) in [5.41, 5.74) is 1.26. The Morgan fingerprint density at radius 1 is 1.38 bits per heavy atom. The third-order valence-corrected chi connectivity index (χ3v) is 8.24. The van der Waals surface area contributed by atoms with Crippen LogP contribution in [0.1, 0.15) is 57.4 Å². The molecule has 0 N–H and O–H groups in total. The van der Waals surface area contributed by atoms with Crippen molar-refractivity contribution < 1.29 is 8.42 Å². The van der Waals surface area contributed by atoms with Crippen LogP contribution in [0.2, 0.25) is 0 Å². The van der Waals surface area contributed by atoms with E-state index < -0.39 is 10.0 Å². The van der Waals surface area contributed by atoms with Gasteiger partial charge in [0.25, 0.3) is 0 Å². The van der Waals surface area contributed by atoms with Gasteiger partial charge in [0.2, 0.25) is 10.0 Å². The summed E-state index contributed by atoms with van der Waals surface area (Å²) in [5.74, 6) is 1.98. The number of nitrogens with zero attached hydrogens (tertiary/aromatic N) is 3. The molecule has 6 heteroatoms. The molecule has 0 spiro atoms. The predicted octanol–water partition coefficient (Wildman–Crippen LogP) is 2.75. The topological polar surface area (TPSA) is 55.2 Å². The fourth-order valence-corrected chi connectivity index (χ4v) is 7.20. The Morgan fingerprint density at radius 3 is 2.62 bits per heavy atom. The molecule has 5 nitrogen and oxygen atoms in total. The Balaban J connectivity index is 1.42. The predicted molar refractivity (Wildman–Crippen MR) is 94.1 cm³/mol. The smallest absolute Gasteiger partial charge is 0.214 e. The monoisotopic (exact) mass is 351 g/mol. The summed E-state index contributed by atoms with van der Waals surface area (Å²) in [6, 6.07) is 0.270. The van der Waals surface area contributed by atoms with Crippen LogP contribution < -0.4 is 0 Å². The number of aromatic nitrogens is 2. The molecule has 1 heterocycles. The maximum Gasteiger partial charge on any atom is 0.214 e. The Hall–Kier alpha value is -0.880. The minimum atomic E-state index is -3.14. The van der Waals surface area contributed by atoms with Gasteiger partial charge in [-0.15, -0.1) is 0 Å². The Kier molecular flexibility index (Phi) is 3.84. The molecule has 1 aromatic heterocycles. The molecule has 0 unspecified atom stereocenters. The van der Waals surface area contributed by atoms with E-state index in [0.717, 1.165) is 32.1 Å². The zero-order chi connectivity index (χ0) is 17.1. The third kappa shape index (κ3) is 3.27. The van der Waals surface area contributed by atoms with E-state index in [1.165, 1.54) is 5.56 Å². The molecular weight excluding hydrogens is 322 g/mol. The van der Waals surface area contributed by atoms with E-state index >= 15 is 0 Å². The van der Waals surface area contributed by atoms with Gasteiger partial charge in [0.05, 0.1) is 11.9 Å². The average molecular weight is 352 g/mol. The number of sulfonamides is 1. The molecule has 3 fully saturated rings. The molecule has 3 aliphatic carbocycles. The summed E-state index contributed by atoms with van der Waals surface area (Å²) in [6.07, 6.45) is 9.26. The van der Waals surface area contributed by atoms with Gasteiger partial charge < -0.3 is 0 Å².